The average molecular weight is 298 g/mol. The normalized spacial score (nSPS) is 18.0. The molecule has 1 unspecified atom stereocenters. The van der Waals surface area contributed by atoms with E-state index in [9.17, 15) is 4.79 Å². The van der Waals surface area contributed by atoms with Crippen molar-refractivity contribution in [3.05, 3.63) is 59.9 Å². The third kappa shape index (κ3) is 2.86. The smallest absolute Gasteiger partial charge is 0.411 e. The van der Waals surface area contributed by atoms with E-state index in [1.165, 1.54) is 0 Å². The molecule has 1 aliphatic heterocycles. The molecular weight excluding hydrogens is 276 g/mol. The van der Waals surface area contributed by atoms with E-state index in [4.69, 9.17) is 4.74 Å². The lowest BCUT2D eigenvalue weighted by atomic mass is 10.0. The number of hydrogen-bond acceptors (Lipinski definition) is 2. The predicted molar refractivity (Wildman–Crippen MR) is 85.7 cm³/mol. The van der Waals surface area contributed by atoms with Crippen molar-refractivity contribution in [3.63, 3.8) is 0 Å². The first-order chi connectivity index (χ1) is 10.5. The van der Waals surface area contributed by atoms with Crippen LogP contribution in [0.2, 0.25) is 0 Å². The largest absolute Gasteiger partial charge is 0.444 e. The van der Waals surface area contributed by atoms with Crippen LogP contribution in [0.1, 0.15) is 38.1 Å². The summed E-state index contributed by atoms with van der Waals surface area (Å²) >= 11 is 0. The van der Waals surface area contributed by atoms with Crippen LogP contribution in [-0.4, -0.2) is 27.7 Å². The standard InChI is InChI=1S/C18H22N2O2/c1-18(2,3)22-17(21)20-13-12-19-11-7-10-15(19)16(20)14-8-5-4-6-9-14/h4-11,16H,12-13H2,1-3H3. The SMILES string of the molecule is CC(C)(C)OC(=O)N1CCn2cccc2C1c1ccccc1. The molecular formula is C18H22N2O2. The number of fused-ring (bicyclic) bond motifs is 1. The van der Waals surface area contributed by atoms with Gasteiger partial charge in [0.05, 0.1) is 0 Å². The average Bonchev–Trinajstić information content (AvgIpc) is 2.93. The van der Waals surface area contributed by atoms with E-state index in [1.807, 2.05) is 49.9 Å². The van der Waals surface area contributed by atoms with Crippen LogP contribution >= 0.6 is 0 Å². The number of hydrogen-bond donors (Lipinski definition) is 0. The lowest BCUT2D eigenvalue weighted by Gasteiger charge is -2.38. The molecule has 4 heteroatoms. The summed E-state index contributed by atoms with van der Waals surface area (Å²) in [5, 5.41) is 0. The maximum Gasteiger partial charge on any atom is 0.411 e. The van der Waals surface area contributed by atoms with Crippen molar-refractivity contribution >= 4 is 6.09 Å². The third-order valence-electron chi connectivity index (χ3n) is 3.78. The molecule has 116 valence electrons. The second-order valence-corrected chi connectivity index (χ2v) is 6.61. The quantitative estimate of drug-likeness (QED) is 0.802. The molecule has 2 aromatic rings. The van der Waals surface area contributed by atoms with Gasteiger partial charge in [-0.1, -0.05) is 30.3 Å². The van der Waals surface area contributed by atoms with E-state index < -0.39 is 5.60 Å². The van der Waals surface area contributed by atoms with Crippen molar-refractivity contribution in [2.24, 2.45) is 0 Å². The minimum atomic E-state index is -0.488. The highest BCUT2D eigenvalue weighted by Crippen LogP contribution is 2.33. The zero-order chi connectivity index (χ0) is 15.7. The topological polar surface area (TPSA) is 34.5 Å². The molecule has 0 bridgehead atoms. The molecule has 0 saturated heterocycles. The van der Waals surface area contributed by atoms with Gasteiger partial charge < -0.3 is 9.30 Å². The fourth-order valence-corrected chi connectivity index (χ4v) is 2.89. The highest BCUT2D eigenvalue weighted by atomic mass is 16.6. The van der Waals surface area contributed by atoms with Crippen molar-refractivity contribution in [1.82, 2.24) is 9.47 Å². The molecule has 0 saturated carbocycles. The molecule has 22 heavy (non-hydrogen) atoms. The van der Waals surface area contributed by atoms with Gasteiger partial charge in [0.2, 0.25) is 0 Å². The van der Waals surface area contributed by atoms with Gasteiger partial charge in [0.15, 0.2) is 0 Å². The van der Waals surface area contributed by atoms with Crippen LogP contribution in [0.3, 0.4) is 0 Å². The van der Waals surface area contributed by atoms with Crippen LogP contribution in [0.15, 0.2) is 48.7 Å². The van der Waals surface area contributed by atoms with E-state index in [2.05, 4.69) is 29.0 Å². The summed E-state index contributed by atoms with van der Waals surface area (Å²) < 4.78 is 7.81. The van der Waals surface area contributed by atoms with Crippen molar-refractivity contribution < 1.29 is 9.53 Å². The molecule has 1 aromatic carbocycles. The summed E-state index contributed by atoms with van der Waals surface area (Å²) in [4.78, 5) is 14.5. The van der Waals surface area contributed by atoms with Gasteiger partial charge in [-0.05, 0) is 38.5 Å². The van der Waals surface area contributed by atoms with Crippen LogP contribution in [0, 0.1) is 0 Å². The van der Waals surface area contributed by atoms with Crippen molar-refractivity contribution in [1.29, 1.82) is 0 Å². The summed E-state index contributed by atoms with van der Waals surface area (Å²) in [6.45, 7) is 7.14. The summed E-state index contributed by atoms with van der Waals surface area (Å²) in [5.41, 5.74) is 1.74. The number of carbonyl (C=O) groups is 1. The minimum absolute atomic E-state index is 0.0974. The number of carbonyl (C=O) groups excluding carboxylic acids is 1. The van der Waals surface area contributed by atoms with Crippen LogP contribution < -0.4 is 0 Å². The molecule has 4 nitrogen and oxygen atoms in total. The Hall–Kier alpha value is -2.23. The fourth-order valence-electron chi connectivity index (χ4n) is 2.89. The number of aromatic nitrogens is 1. The van der Waals surface area contributed by atoms with E-state index in [-0.39, 0.29) is 12.1 Å². The Morgan fingerprint density at radius 1 is 1.09 bits per heavy atom. The highest BCUT2D eigenvalue weighted by molar-refractivity contribution is 5.70. The number of ether oxygens (including phenoxy) is 1. The van der Waals surface area contributed by atoms with Crippen LogP contribution in [0.4, 0.5) is 4.79 Å². The van der Waals surface area contributed by atoms with Crippen molar-refractivity contribution in [2.75, 3.05) is 6.54 Å². The van der Waals surface area contributed by atoms with Gasteiger partial charge in [-0.25, -0.2) is 4.79 Å². The predicted octanol–water partition coefficient (Wildman–Crippen LogP) is 3.83. The summed E-state index contributed by atoms with van der Waals surface area (Å²) in [5.74, 6) is 0. The lowest BCUT2D eigenvalue weighted by molar-refractivity contribution is 0.0147. The lowest BCUT2D eigenvalue weighted by Crippen LogP contribution is -2.44. The van der Waals surface area contributed by atoms with E-state index in [1.54, 1.807) is 0 Å². The fraction of sp³-hybridized carbons (Fsp3) is 0.389. The zero-order valence-corrected chi connectivity index (χ0v) is 13.3. The number of rotatable bonds is 1. The molecule has 1 aromatic heterocycles. The molecule has 1 aliphatic rings. The minimum Gasteiger partial charge on any atom is -0.444 e. The summed E-state index contributed by atoms with van der Waals surface area (Å²) in [6, 6.07) is 14.1. The van der Waals surface area contributed by atoms with E-state index >= 15 is 0 Å². The highest BCUT2D eigenvalue weighted by Gasteiger charge is 2.34. The molecule has 0 N–H and O–H groups in total. The molecule has 0 radical (unpaired) electrons. The molecule has 1 atom stereocenters. The van der Waals surface area contributed by atoms with Gasteiger partial charge in [-0.3, -0.25) is 4.90 Å². The Kier molecular flexibility index (Phi) is 3.69. The summed E-state index contributed by atoms with van der Waals surface area (Å²) in [6.07, 6.45) is 1.81. The maximum absolute atomic E-state index is 12.6. The maximum atomic E-state index is 12.6. The van der Waals surface area contributed by atoms with Crippen molar-refractivity contribution in [2.45, 2.75) is 39.0 Å². The molecule has 0 aliphatic carbocycles. The van der Waals surface area contributed by atoms with Crippen molar-refractivity contribution in [3.8, 4) is 0 Å². The van der Waals surface area contributed by atoms with Crippen LogP contribution in [-0.2, 0) is 11.3 Å². The van der Waals surface area contributed by atoms with Crippen LogP contribution in [0.5, 0.6) is 0 Å². The van der Waals surface area contributed by atoms with Gasteiger partial charge >= 0.3 is 6.09 Å². The molecule has 3 rings (SSSR count). The molecule has 1 amide bonds. The van der Waals surface area contributed by atoms with Gasteiger partial charge in [0.25, 0.3) is 0 Å². The molecule has 2 heterocycles. The van der Waals surface area contributed by atoms with E-state index in [0.29, 0.717) is 6.54 Å². The van der Waals surface area contributed by atoms with Crippen LogP contribution in [0.25, 0.3) is 0 Å². The first-order valence-corrected chi connectivity index (χ1v) is 7.65. The van der Waals surface area contributed by atoms with Gasteiger partial charge in [0.1, 0.15) is 11.6 Å². The Balaban J connectivity index is 1.97. The first-order valence-electron chi connectivity index (χ1n) is 7.65. The molecule has 0 fully saturated rings. The van der Waals surface area contributed by atoms with Gasteiger partial charge in [0, 0.05) is 25.0 Å². The monoisotopic (exact) mass is 298 g/mol. The first kappa shape index (κ1) is 14.7. The number of nitrogens with zero attached hydrogens (tertiary/aromatic N) is 2. The zero-order valence-electron chi connectivity index (χ0n) is 13.3. The number of benzene rings is 1. The Labute approximate surface area is 131 Å². The van der Waals surface area contributed by atoms with Gasteiger partial charge in [-0.15, -0.1) is 0 Å². The Morgan fingerprint density at radius 3 is 2.50 bits per heavy atom. The van der Waals surface area contributed by atoms with Gasteiger partial charge in [-0.2, -0.15) is 0 Å². The number of amides is 1. The Bertz CT molecular complexity index is 655. The second kappa shape index (κ2) is 5.52. The Morgan fingerprint density at radius 2 is 1.82 bits per heavy atom. The second-order valence-electron chi connectivity index (χ2n) is 6.61. The van der Waals surface area contributed by atoms with E-state index in [0.717, 1.165) is 17.8 Å². The third-order valence-corrected chi connectivity index (χ3v) is 3.78. The summed E-state index contributed by atoms with van der Waals surface area (Å²) in [7, 11) is 0. The molecule has 0 spiro atoms.